The van der Waals surface area contributed by atoms with Gasteiger partial charge in [0.2, 0.25) is 5.95 Å². The standard InChI is InChI=1S/C12H14N4OS/c1-9-8-18-11(15-9)10-6-13-12(14-7-10)16-2-4-17-5-3-16/h6-8H,2-5H2,1H3. The van der Waals surface area contributed by atoms with Gasteiger partial charge in [0, 0.05) is 42.1 Å². The molecule has 0 bridgehead atoms. The van der Waals surface area contributed by atoms with Crippen LogP contribution in [-0.2, 0) is 4.74 Å². The lowest BCUT2D eigenvalue weighted by atomic mass is 10.3. The average molecular weight is 262 g/mol. The molecule has 18 heavy (non-hydrogen) atoms. The van der Waals surface area contributed by atoms with E-state index in [2.05, 4.69) is 19.9 Å². The van der Waals surface area contributed by atoms with Gasteiger partial charge in [-0.3, -0.25) is 0 Å². The molecule has 1 fully saturated rings. The summed E-state index contributed by atoms with van der Waals surface area (Å²) in [7, 11) is 0. The molecule has 0 spiro atoms. The Morgan fingerprint density at radius 2 is 1.94 bits per heavy atom. The molecule has 3 heterocycles. The fraction of sp³-hybridized carbons (Fsp3) is 0.417. The Labute approximate surface area is 109 Å². The van der Waals surface area contributed by atoms with E-state index in [9.17, 15) is 0 Å². The van der Waals surface area contributed by atoms with Gasteiger partial charge in [-0.2, -0.15) is 0 Å². The molecule has 0 atom stereocenters. The molecule has 5 nitrogen and oxygen atoms in total. The zero-order valence-electron chi connectivity index (χ0n) is 10.2. The van der Waals surface area contributed by atoms with Gasteiger partial charge in [0.1, 0.15) is 5.01 Å². The lowest BCUT2D eigenvalue weighted by Gasteiger charge is -2.26. The number of anilines is 1. The van der Waals surface area contributed by atoms with Crippen LogP contribution >= 0.6 is 11.3 Å². The number of morpholine rings is 1. The van der Waals surface area contributed by atoms with E-state index < -0.39 is 0 Å². The van der Waals surface area contributed by atoms with E-state index in [4.69, 9.17) is 4.74 Å². The van der Waals surface area contributed by atoms with Crippen LogP contribution in [0.4, 0.5) is 5.95 Å². The number of aryl methyl sites for hydroxylation is 1. The fourth-order valence-corrected chi connectivity index (χ4v) is 2.62. The topological polar surface area (TPSA) is 51.1 Å². The molecule has 0 aliphatic carbocycles. The van der Waals surface area contributed by atoms with Crippen molar-refractivity contribution >= 4 is 17.3 Å². The molecule has 1 saturated heterocycles. The van der Waals surface area contributed by atoms with Crippen LogP contribution in [0.5, 0.6) is 0 Å². The molecule has 0 amide bonds. The van der Waals surface area contributed by atoms with Gasteiger partial charge in [-0.05, 0) is 6.92 Å². The third-order valence-electron chi connectivity index (χ3n) is 2.80. The first-order valence-corrected chi connectivity index (χ1v) is 6.78. The van der Waals surface area contributed by atoms with Crippen molar-refractivity contribution in [3.63, 3.8) is 0 Å². The summed E-state index contributed by atoms with van der Waals surface area (Å²) in [5.41, 5.74) is 2.01. The molecule has 3 rings (SSSR count). The highest BCUT2D eigenvalue weighted by Crippen LogP contribution is 2.23. The maximum atomic E-state index is 5.31. The Bertz CT molecular complexity index is 519. The molecule has 2 aromatic heterocycles. The monoisotopic (exact) mass is 262 g/mol. The summed E-state index contributed by atoms with van der Waals surface area (Å²) in [5.74, 6) is 0.773. The zero-order chi connectivity index (χ0) is 12.4. The molecule has 0 N–H and O–H groups in total. The van der Waals surface area contributed by atoms with E-state index in [-0.39, 0.29) is 0 Å². The fourth-order valence-electron chi connectivity index (χ4n) is 1.84. The van der Waals surface area contributed by atoms with Crippen LogP contribution in [0.3, 0.4) is 0 Å². The van der Waals surface area contributed by atoms with Crippen LogP contribution in [0.25, 0.3) is 10.6 Å². The number of hydrogen-bond donors (Lipinski definition) is 0. The van der Waals surface area contributed by atoms with Gasteiger partial charge in [-0.1, -0.05) is 0 Å². The number of nitrogens with zero attached hydrogens (tertiary/aromatic N) is 4. The molecule has 2 aromatic rings. The summed E-state index contributed by atoms with van der Waals surface area (Å²) in [6.45, 7) is 5.20. The summed E-state index contributed by atoms with van der Waals surface area (Å²) >= 11 is 1.62. The van der Waals surface area contributed by atoms with Gasteiger partial charge in [-0.15, -0.1) is 11.3 Å². The van der Waals surface area contributed by atoms with Crippen LogP contribution in [0.1, 0.15) is 5.69 Å². The summed E-state index contributed by atoms with van der Waals surface area (Å²) in [4.78, 5) is 15.4. The minimum Gasteiger partial charge on any atom is -0.378 e. The van der Waals surface area contributed by atoms with Crippen molar-refractivity contribution in [2.24, 2.45) is 0 Å². The van der Waals surface area contributed by atoms with Crippen LogP contribution in [-0.4, -0.2) is 41.3 Å². The first-order chi connectivity index (χ1) is 8.83. The number of rotatable bonds is 2. The summed E-state index contributed by atoms with van der Waals surface area (Å²) in [6.07, 6.45) is 3.69. The molecule has 0 saturated carbocycles. The Balaban J connectivity index is 1.80. The zero-order valence-corrected chi connectivity index (χ0v) is 11.0. The number of thiazole rings is 1. The third-order valence-corrected chi connectivity index (χ3v) is 3.81. The van der Waals surface area contributed by atoms with Gasteiger partial charge in [0.25, 0.3) is 0 Å². The molecular weight excluding hydrogens is 248 g/mol. The van der Waals surface area contributed by atoms with Gasteiger partial charge >= 0.3 is 0 Å². The van der Waals surface area contributed by atoms with Crippen molar-refractivity contribution < 1.29 is 4.74 Å². The Morgan fingerprint density at radius 1 is 1.22 bits per heavy atom. The quantitative estimate of drug-likeness (QED) is 0.825. The number of ether oxygens (including phenoxy) is 1. The Hall–Kier alpha value is -1.53. The minimum atomic E-state index is 0.747. The van der Waals surface area contributed by atoms with Crippen LogP contribution in [0.2, 0.25) is 0 Å². The predicted molar refractivity (Wildman–Crippen MR) is 70.9 cm³/mol. The lowest BCUT2D eigenvalue weighted by Crippen LogP contribution is -2.37. The molecule has 0 radical (unpaired) electrons. The highest BCUT2D eigenvalue weighted by Gasteiger charge is 2.13. The van der Waals surface area contributed by atoms with Crippen molar-refractivity contribution in [1.29, 1.82) is 0 Å². The highest BCUT2D eigenvalue weighted by atomic mass is 32.1. The first-order valence-electron chi connectivity index (χ1n) is 5.90. The van der Waals surface area contributed by atoms with Crippen LogP contribution in [0.15, 0.2) is 17.8 Å². The maximum Gasteiger partial charge on any atom is 0.225 e. The summed E-state index contributed by atoms with van der Waals surface area (Å²) in [5, 5.41) is 3.01. The number of hydrogen-bond acceptors (Lipinski definition) is 6. The second kappa shape index (κ2) is 4.99. The van der Waals surface area contributed by atoms with Gasteiger partial charge in [0.15, 0.2) is 0 Å². The number of aromatic nitrogens is 3. The van der Waals surface area contributed by atoms with Gasteiger partial charge in [-0.25, -0.2) is 15.0 Å². The molecule has 6 heteroatoms. The second-order valence-corrected chi connectivity index (χ2v) is 5.02. The molecular formula is C12H14N4OS. The SMILES string of the molecule is Cc1csc(-c2cnc(N3CCOCC3)nc2)n1. The summed E-state index contributed by atoms with van der Waals surface area (Å²) < 4.78 is 5.31. The largest absolute Gasteiger partial charge is 0.378 e. The highest BCUT2D eigenvalue weighted by molar-refractivity contribution is 7.13. The summed E-state index contributed by atoms with van der Waals surface area (Å²) in [6, 6.07) is 0. The molecule has 1 aliphatic heterocycles. The van der Waals surface area contributed by atoms with E-state index in [1.165, 1.54) is 0 Å². The second-order valence-electron chi connectivity index (χ2n) is 4.17. The lowest BCUT2D eigenvalue weighted by molar-refractivity contribution is 0.122. The van der Waals surface area contributed by atoms with Crippen molar-refractivity contribution in [1.82, 2.24) is 15.0 Å². The van der Waals surface area contributed by atoms with E-state index >= 15 is 0 Å². The third kappa shape index (κ3) is 2.34. The van der Waals surface area contributed by atoms with Gasteiger partial charge < -0.3 is 9.64 Å². The van der Waals surface area contributed by atoms with Crippen molar-refractivity contribution in [3.8, 4) is 10.6 Å². The van der Waals surface area contributed by atoms with Crippen molar-refractivity contribution in [2.75, 3.05) is 31.2 Å². The van der Waals surface area contributed by atoms with Crippen LogP contribution < -0.4 is 4.90 Å². The molecule has 0 unspecified atom stereocenters. The molecule has 94 valence electrons. The van der Waals surface area contributed by atoms with E-state index in [0.29, 0.717) is 0 Å². The van der Waals surface area contributed by atoms with Gasteiger partial charge in [0.05, 0.1) is 13.2 Å². The normalized spacial score (nSPS) is 15.9. The average Bonchev–Trinajstić information content (AvgIpc) is 2.87. The smallest absolute Gasteiger partial charge is 0.225 e. The van der Waals surface area contributed by atoms with E-state index in [1.807, 2.05) is 24.7 Å². The van der Waals surface area contributed by atoms with E-state index in [1.54, 1.807) is 11.3 Å². The molecule has 0 aromatic carbocycles. The van der Waals surface area contributed by atoms with Crippen LogP contribution in [0, 0.1) is 6.92 Å². The Kier molecular flexibility index (Phi) is 3.21. The van der Waals surface area contributed by atoms with E-state index in [0.717, 1.165) is 48.5 Å². The van der Waals surface area contributed by atoms with Crippen molar-refractivity contribution in [2.45, 2.75) is 6.92 Å². The predicted octanol–water partition coefficient (Wildman–Crippen LogP) is 1.75. The Morgan fingerprint density at radius 3 is 2.56 bits per heavy atom. The van der Waals surface area contributed by atoms with Crippen molar-refractivity contribution in [3.05, 3.63) is 23.5 Å². The minimum absolute atomic E-state index is 0.747. The first kappa shape index (κ1) is 11.6. The maximum absolute atomic E-state index is 5.31. The molecule has 1 aliphatic rings.